The molecule has 1 aromatic carbocycles. The van der Waals surface area contributed by atoms with Crippen molar-refractivity contribution in [3.63, 3.8) is 0 Å². The van der Waals surface area contributed by atoms with Crippen LogP contribution in [0.5, 0.6) is 0 Å². The first kappa shape index (κ1) is 15.5. The van der Waals surface area contributed by atoms with Crippen LogP contribution in [0.25, 0.3) is 11.4 Å². The van der Waals surface area contributed by atoms with Gasteiger partial charge < -0.3 is 5.73 Å². The van der Waals surface area contributed by atoms with Gasteiger partial charge in [-0.25, -0.2) is 9.18 Å². The summed E-state index contributed by atoms with van der Waals surface area (Å²) in [5.74, 6) is -0.372. The monoisotopic (exact) mass is 306 g/mol. The number of imide groups is 1. The Morgan fingerprint density at radius 3 is 2.86 bits per heavy atom. The molecule has 3 N–H and O–H groups in total. The molecule has 2 aromatic rings. The van der Waals surface area contributed by atoms with E-state index in [-0.39, 0.29) is 12.2 Å². The minimum absolute atomic E-state index is 0.121. The Bertz CT molecular complexity index is 700. The third-order valence-corrected chi connectivity index (χ3v) is 2.89. The summed E-state index contributed by atoms with van der Waals surface area (Å²) in [5.41, 5.74) is 5.99. The summed E-state index contributed by atoms with van der Waals surface area (Å²) in [4.78, 5) is 23.0. The maximum Gasteiger partial charge on any atom is 0.318 e. The molecular formula is C13H15FN6O2. The van der Waals surface area contributed by atoms with Crippen LogP contribution in [0.4, 0.5) is 9.18 Å². The van der Waals surface area contributed by atoms with Gasteiger partial charge >= 0.3 is 6.03 Å². The summed E-state index contributed by atoms with van der Waals surface area (Å²) < 4.78 is 13.2. The maximum atomic E-state index is 13.2. The van der Waals surface area contributed by atoms with Gasteiger partial charge in [-0.05, 0) is 42.3 Å². The quantitative estimate of drug-likeness (QED) is 0.846. The molecule has 22 heavy (non-hydrogen) atoms. The number of urea groups is 1. The largest absolute Gasteiger partial charge is 0.351 e. The molecule has 0 radical (unpaired) electrons. The van der Waals surface area contributed by atoms with E-state index in [2.05, 4.69) is 15.4 Å². The molecular weight excluding hydrogens is 291 g/mol. The molecule has 0 fully saturated rings. The zero-order valence-corrected chi connectivity index (χ0v) is 11.9. The molecule has 1 aromatic heterocycles. The van der Waals surface area contributed by atoms with E-state index in [0.717, 1.165) is 0 Å². The van der Waals surface area contributed by atoms with Crippen molar-refractivity contribution in [1.82, 2.24) is 25.5 Å². The number of carbonyl (C=O) groups excluding carboxylic acids is 2. The fourth-order valence-corrected chi connectivity index (χ4v) is 1.82. The number of carbonyl (C=O) groups is 2. The molecule has 2 rings (SSSR count). The third kappa shape index (κ3) is 4.08. The third-order valence-electron chi connectivity index (χ3n) is 2.89. The van der Waals surface area contributed by atoms with Gasteiger partial charge in [-0.1, -0.05) is 0 Å². The number of aromatic nitrogens is 4. The van der Waals surface area contributed by atoms with E-state index in [1.807, 2.05) is 5.32 Å². The number of nitrogens with zero attached hydrogens (tertiary/aromatic N) is 4. The summed E-state index contributed by atoms with van der Waals surface area (Å²) in [6.45, 7) is 2.01. The van der Waals surface area contributed by atoms with Crippen LogP contribution in [-0.4, -0.2) is 32.1 Å². The molecule has 0 bridgehead atoms. The van der Waals surface area contributed by atoms with Crippen LogP contribution in [0.15, 0.2) is 18.2 Å². The lowest BCUT2D eigenvalue weighted by atomic mass is 10.1. The molecule has 116 valence electrons. The number of hydrogen-bond acceptors (Lipinski definition) is 5. The average Bonchev–Trinajstić information content (AvgIpc) is 2.90. The zero-order valence-electron chi connectivity index (χ0n) is 11.9. The van der Waals surface area contributed by atoms with Crippen LogP contribution in [-0.2, 0) is 11.3 Å². The molecule has 0 aliphatic rings. The fourth-order valence-electron chi connectivity index (χ4n) is 1.82. The molecule has 0 aliphatic heterocycles. The number of tetrazole rings is 1. The van der Waals surface area contributed by atoms with Gasteiger partial charge in [0.15, 0.2) is 0 Å². The van der Waals surface area contributed by atoms with Crippen LogP contribution in [0, 0.1) is 12.7 Å². The second-order valence-electron chi connectivity index (χ2n) is 4.69. The minimum Gasteiger partial charge on any atom is -0.351 e. The summed E-state index contributed by atoms with van der Waals surface area (Å²) in [6, 6.07) is 3.68. The Kier molecular flexibility index (Phi) is 4.77. The minimum atomic E-state index is -0.877. The molecule has 0 spiro atoms. The first-order valence-electron chi connectivity index (χ1n) is 6.59. The Labute approximate surface area is 125 Å². The molecule has 0 atom stereocenters. The SMILES string of the molecule is Cc1cc(-c2nnn(CCCC(=O)NC(N)=O)n2)ccc1F. The second-order valence-corrected chi connectivity index (χ2v) is 4.69. The Hall–Kier alpha value is -2.84. The number of nitrogens with one attached hydrogen (secondary N) is 1. The Morgan fingerprint density at radius 2 is 2.18 bits per heavy atom. The summed E-state index contributed by atoms with van der Waals surface area (Å²) in [7, 11) is 0. The number of primary amides is 1. The molecule has 0 saturated carbocycles. The molecule has 0 unspecified atom stereocenters. The van der Waals surface area contributed by atoms with Crippen molar-refractivity contribution in [3.8, 4) is 11.4 Å². The summed E-state index contributed by atoms with van der Waals surface area (Å²) in [6.07, 6.45) is 0.548. The number of rotatable bonds is 5. The first-order valence-corrected chi connectivity index (χ1v) is 6.59. The fraction of sp³-hybridized carbons (Fsp3) is 0.308. The number of amides is 3. The lowest BCUT2D eigenvalue weighted by Crippen LogP contribution is -2.34. The normalized spacial score (nSPS) is 10.5. The number of nitrogens with two attached hydrogens (primary N) is 1. The summed E-state index contributed by atoms with van der Waals surface area (Å²) >= 11 is 0. The zero-order chi connectivity index (χ0) is 16.1. The van der Waals surface area contributed by atoms with Crippen LogP contribution in [0.2, 0.25) is 0 Å². The van der Waals surface area contributed by atoms with Gasteiger partial charge in [-0.3, -0.25) is 10.1 Å². The molecule has 3 amide bonds. The predicted molar refractivity (Wildman–Crippen MR) is 74.9 cm³/mol. The van der Waals surface area contributed by atoms with Gasteiger partial charge in [-0.15, -0.1) is 10.2 Å². The van der Waals surface area contributed by atoms with E-state index in [9.17, 15) is 14.0 Å². The van der Waals surface area contributed by atoms with E-state index in [1.165, 1.54) is 10.9 Å². The van der Waals surface area contributed by atoms with Crippen molar-refractivity contribution in [1.29, 1.82) is 0 Å². The van der Waals surface area contributed by atoms with Crippen molar-refractivity contribution < 1.29 is 14.0 Å². The topological polar surface area (TPSA) is 116 Å². The number of hydrogen-bond donors (Lipinski definition) is 2. The van der Waals surface area contributed by atoms with Crippen molar-refractivity contribution >= 4 is 11.9 Å². The smallest absolute Gasteiger partial charge is 0.318 e. The highest BCUT2D eigenvalue weighted by atomic mass is 19.1. The van der Waals surface area contributed by atoms with Gasteiger partial charge in [0.25, 0.3) is 0 Å². The highest BCUT2D eigenvalue weighted by Gasteiger charge is 2.09. The van der Waals surface area contributed by atoms with Crippen LogP contribution in [0.3, 0.4) is 0 Å². The van der Waals surface area contributed by atoms with Crippen molar-refractivity contribution in [2.75, 3.05) is 0 Å². The van der Waals surface area contributed by atoms with Gasteiger partial charge in [0, 0.05) is 12.0 Å². The molecule has 0 aliphatic carbocycles. The second kappa shape index (κ2) is 6.74. The van der Waals surface area contributed by atoms with E-state index in [1.54, 1.807) is 19.1 Å². The lowest BCUT2D eigenvalue weighted by molar-refractivity contribution is -0.120. The van der Waals surface area contributed by atoms with E-state index in [4.69, 9.17) is 5.73 Å². The standard InChI is InChI=1S/C13H15FN6O2/c1-8-7-9(4-5-10(8)14)12-17-19-20(18-12)6-2-3-11(21)16-13(15)22/h4-5,7H,2-3,6H2,1H3,(H3,15,16,21,22). The van der Waals surface area contributed by atoms with Gasteiger partial charge in [0.05, 0.1) is 6.54 Å². The number of halogens is 1. The summed E-state index contributed by atoms with van der Waals surface area (Å²) in [5, 5.41) is 13.9. The van der Waals surface area contributed by atoms with Crippen molar-refractivity contribution in [2.24, 2.45) is 5.73 Å². The number of aryl methyl sites for hydroxylation is 2. The van der Waals surface area contributed by atoms with Crippen LogP contribution in [0.1, 0.15) is 18.4 Å². The highest BCUT2D eigenvalue weighted by molar-refractivity contribution is 5.93. The average molecular weight is 306 g/mol. The molecule has 9 heteroatoms. The van der Waals surface area contributed by atoms with Crippen molar-refractivity contribution in [3.05, 3.63) is 29.6 Å². The van der Waals surface area contributed by atoms with Crippen LogP contribution >= 0.6 is 0 Å². The van der Waals surface area contributed by atoms with E-state index < -0.39 is 11.9 Å². The molecule has 1 heterocycles. The molecule has 0 saturated heterocycles. The lowest BCUT2D eigenvalue weighted by Gasteiger charge is -2.00. The van der Waals surface area contributed by atoms with Gasteiger partial charge in [0.1, 0.15) is 5.82 Å². The van der Waals surface area contributed by atoms with Gasteiger partial charge in [-0.2, -0.15) is 4.80 Å². The Morgan fingerprint density at radius 1 is 1.41 bits per heavy atom. The van der Waals surface area contributed by atoms with Gasteiger partial charge in [0.2, 0.25) is 11.7 Å². The highest BCUT2D eigenvalue weighted by Crippen LogP contribution is 2.17. The van der Waals surface area contributed by atoms with E-state index in [0.29, 0.717) is 29.9 Å². The Balaban J connectivity index is 1.92. The predicted octanol–water partition coefficient (Wildman–Crippen LogP) is 0.763. The maximum absolute atomic E-state index is 13.2. The molecule has 8 nitrogen and oxygen atoms in total. The first-order chi connectivity index (χ1) is 10.5. The van der Waals surface area contributed by atoms with Crippen molar-refractivity contribution in [2.45, 2.75) is 26.3 Å². The van der Waals surface area contributed by atoms with E-state index >= 15 is 0 Å². The van der Waals surface area contributed by atoms with Crippen LogP contribution < -0.4 is 11.1 Å². The number of benzene rings is 1.